The van der Waals surface area contributed by atoms with Crippen molar-refractivity contribution in [2.75, 3.05) is 0 Å². The van der Waals surface area contributed by atoms with Gasteiger partial charge in [0.2, 0.25) is 0 Å². The molecule has 0 amide bonds. The largest absolute Gasteiger partial charge is 0.473 e. The highest BCUT2D eigenvalue weighted by Gasteiger charge is 2.54. The van der Waals surface area contributed by atoms with Crippen LogP contribution in [-0.4, -0.2) is 5.97 Å². The van der Waals surface area contributed by atoms with Crippen LogP contribution in [0.1, 0.15) is 140 Å². The Morgan fingerprint density at radius 1 is 0.528 bits per heavy atom. The van der Waals surface area contributed by atoms with Crippen LogP contribution in [0.5, 0.6) is 17.2 Å². The summed E-state index contributed by atoms with van der Waals surface area (Å²) in [5, 5.41) is 4.50. The van der Waals surface area contributed by atoms with Crippen molar-refractivity contribution in [3.8, 4) is 17.2 Å². The Morgan fingerprint density at radius 3 is 1.50 bits per heavy atom. The summed E-state index contributed by atoms with van der Waals surface area (Å²) < 4.78 is 19.9. The van der Waals surface area contributed by atoms with Gasteiger partial charge in [0.05, 0.1) is 0 Å². The van der Waals surface area contributed by atoms with E-state index in [1.807, 2.05) is 32.0 Å². The third-order valence-electron chi connectivity index (χ3n) is 16.8. The Morgan fingerprint density at radius 2 is 0.986 bits per heavy atom. The first-order valence-corrected chi connectivity index (χ1v) is 26.4. The molecular weight excluding hydrogens is 881 g/mol. The van der Waals surface area contributed by atoms with Gasteiger partial charge in [-0.1, -0.05) is 199 Å². The van der Waals surface area contributed by atoms with Crippen molar-refractivity contribution in [2.45, 2.75) is 108 Å². The maximum Gasteiger partial charge on any atom is 0.338 e. The first kappa shape index (κ1) is 45.7. The minimum Gasteiger partial charge on any atom is -0.473 e. The van der Waals surface area contributed by atoms with E-state index in [-0.39, 0.29) is 10.8 Å². The molecule has 4 aliphatic carbocycles. The number of hydrogen-bond acceptors (Lipinski definition) is 4. The highest BCUT2D eigenvalue weighted by atomic mass is 16.5. The van der Waals surface area contributed by atoms with Crippen LogP contribution in [0.25, 0.3) is 33.7 Å². The van der Waals surface area contributed by atoms with Gasteiger partial charge in [0.25, 0.3) is 0 Å². The zero-order valence-corrected chi connectivity index (χ0v) is 42.0. The lowest BCUT2D eigenvalue weighted by Crippen LogP contribution is -2.44. The molecule has 2 saturated carbocycles. The van der Waals surface area contributed by atoms with Crippen LogP contribution in [0.4, 0.5) is 0 Å². The number of aryl methyl sites for hydroxylation is 1. The van der Waals surface area contributed by atoms with Gasteiger partial charge in [-0.15, -0.1) is 0 Å². The molecule has 14 rings (SSSR count). The van der Waals surface area contributed by atoms with Crippen molar-refractivity contribution in [1.82, 2.24) is 0 Å². The molecule has 4 spiro atoms. The SMILES string of the molecule is C=C(C)C(=O)Oc1ccc2ccc3c(c2c1)C=CC1(O3)c2ccccc2C2(CCCC2)c2ccccc21.CC.CCc1cc2ccccc2c2c1C=CC1(O2)c2ccccc2C2(CCCC2)c2ccccc21. The zero-order chi connectivity index (χ0) is 49.2. The van der Waals surface area contributed by atoms with Crippen molar-refractivity contribution in [2.24, 2.45) is 0 Å². The summed E-state index contributed by atoms with van der Waals surface area (Å²) >= 11 is 0. The first-order chi connectivity index (χ1) is 35.3. The van der Waals surface area contributed by atoms with Gasteiger partial charge in [0, 0.05) is 55.2 Å². The predicted octanol–water partition coefficient (Wildman–Crippen LogP) is 16.8. The quantitative estimate of drug-likeness (QED) is 0.101. The van der Waals surface area contributed by atoms with E-state index in [1.54, 1.807) is 6.92 Å². The van der Waals surface area contributed by atoms with E-state index in [0.717, 1.165) is 34.3 Å². The van der Waals surface area contributed by atoms with E-state index < -0.39 is 17.2 Å². The second kappa shape index (κ2) is 17.7. The number of fused-ring (bicyclic) bond motifs is 18. The van der Waals surface area contributed by atoms with Crippen molar-refractivity contribution >= 4 is 39.7 Å². The molecule has 2 aliphatic heterocycles. The van der Waals surface area contributed by atoms with Crippen molar-refractivity contribution < 1.29 is 19.0 Å². The van der Waals surface area contributed by atoms with Crippen molar-refractivity contribution in [1.29, 1.82) is 0 Å². The van der Waals surface area contributed by atoms with E-state index in [1.165, 1.54) is 118 Å². The summed E-state index contributed by atoms with van der Waals surface area (Å²) in [4.78, 5) is 12.1. The Kier molecular flexibility index (Phi) is 11.2. The van der Waals surface area contributed by atoms with Gasteiger partial charge >= 0.3 is 5.97 Å². The summed E-state index contributed by atoms with van der Waals surface area (Å²) in [6.45, 7) is 11.6. The fraction of sp³-hybridized carbons (Fsp3) is 0.250. The maximum absolute atomic E-state index is 12.1. The number of esters is 1. The third-order valence-corrected chi connectivity index (χ3v) is 16.8. The minimum absolute atomic E-state index is 0.0569. The van der Waals surface area contributed by atoms with E-state index in [2.05, 4.69) is 177 Å². The molecule has 8 aromatic carbocycles. The fourth-order valence-corrected chi connectivity index (χ4v) is 13.7. The smallest absolute Gasteiger partial charge is 0.338 e. The Bertz CT molecular complexity index is 3440. The Labute approximate surface area is 424 Å². The number of benzene rings is 8. The standard InChI is InChI=1S/C34H28O3.C32H28O.C2H6/c1-22(2)32(35)36-24-15-13-23-14-16-31-25(26(23)21-24)17-20-34(37-31)29-11-5-3-9-27(29)33(18-7-8-19-33)28-10-4-6-12-30(28)34;1-2-22-21-23-11-3-4-12-24(23)30-25(22)17-20-32(33-30)28-15-7-5-13-26(28)31(18-9-10-19-31)27-14-6-8-16-29(27)32;1-2/h3-6,9-17,20-21H,1,7-8,18-19H2,2H3;3-8,11-17,20-21H,2,9-10,18-19H2,1H3;1-2H3. The van der Waals surface area contributed by atoms with E-state index >= 15 is 0 Å². The van der Waals surface area contributed by atoms with Gasteiger partial charge in [0.15, 0.2) is 11.2 Å². The lowest BCUT2D eigenvalue weighted by molar-refractivity contribution is -0.130. The molecule has 0 aromatic heterocycles. The average molecular weight is 943 g/mol. The predicted molar refractivity (Wildman–Crippen MR) is 294 cm³/mol. The molecule has 72 heavy (non-hydrogen) atoms. The van der Waals surface area contributed by atoms with E-state index in [9.17, 15) is 4.79 Å². The zero-order valence-electron chi connectivity index (χ0n) is 42.0. The number of hydrogen-bond donors (Lipinski definition) is 0. The topological polar surface area (TPSA) is 44.8 Å². The van der Waals surface area contributed by atoms with Crippen molar-refractivity contribution in [3.63, 3.8) is 0 Å². The van der Waals surface area contributed by atoms with Gasteiger partial charge in [-0.25, -0.2) is 4.79 Å². The van der Waals surface area contributed by atoms with Crippen LogP contribution < -0.4 is 14.2 Å². The summed E-state index contributed by atoms with van der Waals surface area (Å²) in [6.07, 6.45) is 19.9. The summed E-state index contributed by atoms with van der Waals surface area (Å²) in [7, 11) is 0. The number of carbonyl (C=O) groups excluding carboxylic acids is 1. The van der Waals surface area contributed by atoms with Gasteiger partial charge in [-0.2, -0.15) is 0 Å². The molecule has 2 fully saturated rings. The van der Waals surface area contributed by atoms with Gasteiger partial charge in [0.1, 0.15) is 17.2 Å². The third kappa shape index (κ3) is 6.74. The molecule has 0 atom stereocenters. The fourth-order valence-electron chi connectivity index (χ4n) is 13.7. The monoisotopic (exact) mass is 942 g/mol. The molecule has 6 aliphatic rings. The first-order valence-electron chi connectivity index (χ1n) is 26.4. The van der Waals surface area contributed by atoms with Crippen LogP contribution in [-0.2, 0) is 33.2 Å². The van der Waals surface area contributed by atoms with Crippen molar-refractivity contribution in [3.05, 3.63) is 243 Å². The summed E-state index contributed by atoms with van der Waals surface area (Å²) in [6, 6.07) is 56.7. The second-order valence-corrected chi connectivity index (χ2v) is 20.5. The maximum atomic E-state index is 12.1. The molecule has 0 unspecified atom stereocenters. The van der Waals surface area contributed by atoms with E-state index in [4.69, 9.17) is 14.2 Å². The molecular formula is C68H62O4. The molecule has 2 heterocycles. The lowest BCUT2D eigenvalue weighted by atomic mass is 9.60. The molecule has 0 radical (unpaired) electrons. The van der Waals surface area contributed by atoms with Gasteiger partial charge < -0.3 is 14.2 Å². The van der Waals surface area contributed by atoms with Gasteiger partial charge in [-0.3, -0.25) is 0 Å². The van der Waals surface area contributed by atoms with Gasteiger partial charge in [-0.05, 0) is 119 Å². The highest BCUT2D eigenvalue weighted by Crippen LogP contribution is 2.61. The molecule has 0 N–H and O–H groups in total. The Balaban J connectivity index is 0.000000143. The molecule has 358 valence electrons. The molecule has 4 heteroatoms. The van der Waals surface area contributed by atoms with E-state index in [0.29, 0.717) is 11.3 Å². The second-order valence-electron chi connectivity index (χ2n) is 20.5. The molecule has 0 bridgehead atoms. The molecule has 0 saturated heterocycles. The molecule has 4 nitrogen and oxygen atoms in total. The number of ether oxygens (including phenoxy) is 3. The van der Waals surface area contributed by atoms with Crippen LogP contribution in [0.15, 0.2) is 182 Å². The number of rotatable bonds is 3. The van der Waals surface area contributed by atoms with Crippen LogP contribution in [0, 0.1) is 0 Å². The molecule has 8 aromatic rings. The van der Waals surface area contributed by atoms with Crippen LogP contribution in [0.3, 0.4) is 0 Å². The highest BCUT2D eigenvalue weighted by molar-refractivity contribution is 5.97. The van der Waals surface area contributed by atoms with Crippen LogP contribution in [0.2, 0.25) is 0 Å². The lowest BCUT2D eigenvalue weighted by Gasteiger charge is -2.48. The summed E-state index contributed by atoms with van der Waals surface area (Å²) in [5.74, 6) is 1.93. The van der Waals surface area contributed by atoms with Crippen LogP contribution >= 0.6 is 0 Å². The average Bonchev–Trinajstić information content (AvgIpc) is 4.15. The number of carbonyl (C=O) groups is 1. The Hall–Kier alpha value is -7.43. The summed E-state index contributed by atoms with van der Waals surface area (Å²) in [5.41, 5.74) is 13.7. The normalized spacial score (nSPS) is 17.7. The minimum atomic E-state index is -0.689.